The predicted octanol–water partition coefficient (Wildman–Crippen LogP) is 4.82. The lowest BCUT2D eigenvalue weighted by Gasteiger charge is -2.33. The van der Waals surface area contributed by atoms with Gasteiger partial charge in [-0.2, -0.15) is 0 Å². The summed E-state index contributed by atoms with van der Waals surface area (Å²) in [6.07, 6.45) is -0.902. The fourth-order valence-electron chi connectivity index (χ4n) is 3.43. The monoisotopic (exact) mass is 468 g/mol. The lowest BCUT2D eigenvalue weighted by molar-refractivity contribution is -0.124. The second-order valence-electron chi connectivity index (χ2n) is 9.33. The SMILES string of the molecule is C[C@H](NC(=O)OC(C)(C)C)C(=O)NC(C)(Cc1cc(F)cc(F)c1)Cc1cc(F)cc(F)c1. The van der Waals surface area contributed by atoms with Gasteiger partial charge in [-0.1, -0.05) is 0 Å². The van der Waals surface area contributed by atoms with Crippen LogP contribution in [0.15, 0.2) is 36.4 Å². The second kappa shape index (κ2) is 10.2. The minimum absolute atomic E-state index is 0.0509. The van der Waals surface area contributed by atoms with Crippen LogP contribution in [-0.2, 0) is 22.4 Å². The van der Waals surface area contributed by atoms with Crippen LogP contribution in [-0.4, -0.2) is 29.2 Å². The number of hydrogen-bond acceptors (Lipinski definition) is 3. The summed E-state index contributed by atoms with van der Waals surface area (Å²) in [7, 11) is 0. The predicted molar refractivity (Wildman–Crippen MR) is 116 cm³/mol. The Morgan fingerprint density at radius 3 is 1.58 bits per heavy atom. The molecule has 2 amide bonds. The Hall–Kier alpha value is -3.10. The standard InChI is InChI=1S/C24H28F4N2O3/c1-14(29-22(32)33-23(2,3)4)21(31)30-24(5,12-15-6-17(25)10-18(26)7-15)13-16-8-19(27)11-20(28)9-16/h6-11,14H,12-13H2,1-5H3,(H,29,32)(H,30,31)/t14-/m0/s1. The summed E-state index contributed by atoms with van der Waals surface area (Å²) in [5, 5.41) is 5.15. The van der Waals surface area contributed by atoms with E-state index in [0.717, 1.165) is 24.3 Å². The smallest absolute Gasteiger partial charge is 0.408 e. The van der Waals surface area contributed by atoms with Gasteiger partial charge < -0.3 is 15.4 Å². The van der Waals surface area contributed by atoms with Crippen LogP contribution < -0.4 is 10.6 Å². The molecule has 0 spiro atoms. The summed E-state index contributed by atoms with van der Waals surface area (Å²) in [5.74, 6) is -3.80. The number of hydrogen-bond donors (Lipinski definition) is 2. The molecular formula is C24H28F4N2O3. The van der Waals surface area contributed by atoms with Gasteiger partial charge >= 0.3 is 6.09 Å². The third-order valence-corrected chi connectivity index (χ3v) is 4.58. The molecule has 2 aromatic carbocycles. The average molecular weight is 468 g/mol. The Morgan fingerprint density at radius 1 is 0.818 bits per heavy atom. The van der Waals surface area contributed by atoms with Gasteiger partial charge in [0.2, 0.25) is 5.91 Å². The zero-order valence-corrected chi connectivity index (χ0v) is 19.2. The first-order valence-electron chi connectivity index (χ1n) is 10.4. The minimum Gasteiger partial charge on any atom is -0.444 e. The van der Waals surface area contributed by atoms with Crippen LogP contribution in [0, 0.1) is 23.3 Å². The van der Waals surface area contributed by atoms with Crippen molar-refractivity contribution in [3.05, 3.63) is 70.8 Å². The first-order chi connectivity index (χ1) is 15.1. The summed E-state index contributed by atoms with van der Waals surface area (Å²) in [5.41, 5.74) is -1.50. The summed E-state index contributed by atoms with van der Waals surface area (Å²) >= 11 is 0. The largest absolute Gasteiger partial charge is 0.444 e. The van der Waals surface area contributed by atoms with E-state index in [1.807, 2.05) is 0 Å². The molecule has 0 saturated carbocycles. The van der Waals surface area contributed by atoms with Crippen molar-refractivity contribution in [3.63, 3.8) is 0 Å². The lowest BCUT2D eigenvalue weighted by atomic mass is 9.86. The molecule has 0 aromatic heterocycles. The third kappa shape index (κ3) is 8.75. The first-order valence-corrected chi connectivity index (χ1v) is 10.4. The number of ether oxygens (including phenoxy) is 1. The van der Waals surface area contributed by atoms with E-state index in [1.54, 1.807) is 27.7 Å². The zero-order chi connectivity index (χ0) is 25.0. The third-order valence-electron chi connectivity index (χ3n) is 4.58. The molecule has 0 saturated heterocycles. The van der Waals surface area contributed by atoms with E-state index in [1.165, 1.54) is 6.92 Å². The number of carbonyl (C=O) groups excluding carboxylic acids is 2. The topological polar surface area (TPSA) is 67.4 Å². The number of alkyl carbamates (subject to hydrolysis) is 1. The van der Waals surface area contributed by atoms with Crippen molar-refractivity contribution in [2.24, 2.45) is 0 Å². The fraction of sp³-hybridized carbons (Fsp3) is 0.417. The maximum absolute atomic E-state index is 13.7. The van der Waals surface area contributed by atoms with Crippen molar-refractivity contribution in [1.29, 1.82) is 0 Å². The van der Waals surface area contributed by atoms with Crippen LogP contribution in [0.1, 0.15) is 45.7 Å². The molecule has 0 bridgehead atoms. The zero-order valence-electron chi connectivity index (χ0n) is 19.2. The van der Waals surface area contributed by atoms with Gasteiger partial charge in [-0.25, -0.2) is 22.4 Å². The Bertz CT molecular complexity index is 927. The summed E-state index contributed by atoms with van der Waals surface area (Å²) in [6, 6.07) is 4.86. The molecule has 0 fully saturated rings. The molecule has 2 aromatic rings. The average Bonchev–Trinajstić information content (AvgIpc) is 2.57. The summed E-state index contributed by atoms with van der Waals surface area (Å²) in [4.78, 5) is 24.8. The molecule has 33 heavy (non-hydrogen) atoms. The van der Waals surface area contributed by atoms with Gasteiger partial charge in [0.1, 0.15) is 34.9 Å². The van der Waals surface area contributed by atoms with Crippen LogP contribution in [0.3, 0.4) is 0 Å². The molecule has 180 valence electrons. The van der Waals surface area contributed by atoms with Gasteiger partial charge in [0, 0.05) is 17.7 Å². The van der Waals surface area contributed by atoms with Gasteiger partial charge in [-0.3, -0.25) is 4.79 Å². The second-order valence-corrected chi connectivity index (χ2v) is 9.33. The number of benzene rings is 2. The van der Waals surface area contributed by atoms with Crippen molar-refractivity contribution in [2.45, 2.75) is 64.6 Å². The van der Waals surface area contributed by atoms with Gasteiger partial charge in [0.05, 0.1) is 0 Å². The van der Waals surface area contributed by atoms with Crippen LogP contribution in [0.4, 0.5) is 22.4 Å². The molecule has 1 atom stereocenters. The molecule has 0 radical (unpaired) electrons. The Labute approximate surface area is 190 Å². The number of rotatable bonds is 7. The highest BCUT2D eigenvalue weighted by molar-refractivity contribution is 5.85. The molecule has 0 aliphatic carbocycles. The van der Waals surface area contributed by atoms with E-state index < -0.39 is 52.5 Å². The lowest BCUT2D eigenvalue weighted by Crippen LogP contribution is -2.55. The first kappa shape index (κ1) is 26.2. The van der Waals surface area contributed by atoms with Crippen LogP contribution in [0.25, 0.3) is 0 Å². The summed E-state index contributed by atoms with van der Waals surface area (Å²) in [6.45, 7) is 8.03. The molecule has 0 aliphatic heterocycles. The Kier molecular flexibility index (Phi) is 8.11. The molecule has 0 aliphatic rings. The molecule has 0 heterocycles. The Morgan fingerprint density at radius 2 is 1.21 bits per heavy atom. The molecular weight excluding hydrogens is 440 g/mol. The van der Waals surface area contributed by atoms with Crippen LogP contribution in [0.5, 0.6) is 0 Å². The summed E-state index contributed by atoms with van der Waals surface area (Å²) < 4.78 is 60.0. The van der Waals surface area contributed by atoms with Crippen molar-refractivity contribution in [3.8, 4) is 0 Å². The molecule has 9 heteroatoms. The van der Waals surface area contributed by atoms with Crippen molar-refractivity contribution in [2.75, 3.05) is 0 Å². The minimum atomic E-state index is -1.21. The highest BCUT2D eigenvalue weighted by Crippen LogP contribution is 2.22. The van der Waals surface area contributed by atoms with E-state index in [-0.39, 0.29) is 24.0 Å². The van der Waals surface area contributed by atoms with Gasteiger partial charge in [0.15, 0.2) is 0 Å². The van der Waals surface area contributed by atoms with Gasteiger partial charge in [-0.15, -0.1) is 0 Å². The van der Waals surface area contributed by atoms with Gasteiger partial charge in [-0.05, 0) is 82.9 Å². The Balaban J connectivity index is 2.27. The van der Waals surface area contributed by atoms with Crippen molar-refractivity contribution < 1.29 is 31.9 Å². The van der Waals surface area contributed by atoms with Crippen molar-refractivity contribution >= 4 is 12.0 Å². The van der Waals surface area contributed by atoms with E-state index in [2.05, 4.69) is 10.6 Å². The highest BCUT2D eigenvalue weighted by atomic mass is 19.1. The number of halogens is 4. The number of carbonyl (C=O) groups is 2. The maximum atomic E-state index is 13.7. The van der Waals surface area contributed by atoms with Crippen LogP contribution in [0.2, 0.25) is 0 Å². The van der Waals surface area contributed by atoms with E-state index >= 15 is 0 Å². The highest BCUT2D eigenvalue weighted by Gasteiger charge is 2.31. The number of nitrogens with one attached hydrogen (secondary N) is 2. The quantitative estimate of drug-likeness (QED) is 0.573. The molecule has 2 rings (SSSR count). The van der Waals surface area contributed by atoms with Crippen molar-refractivity contribution in [1.82, 2.24) is 10.6 Å². The molecule has 0 unspecified atom stereocenters. The van der Waals surface area contributed by atoms with E-state index in [9.17, 15) is 27.2 Å². The maximum Gasteiger partial charge on any atom is 0.408 e. The van der Waals surface area contributed by atoms with E-state index in [0.29, 0.717) is 12.1 Å². The molecule has 5 nitrogen and oxygen atoms in total. The fourth-order valence-corrected chi connectivity index (χ4v) is 3.43. The number of amides is 2. The van der Waals surface area contributed by atoms with Gasteiger partial charge in [0.25, 0.3) is 0 Å². The van der Waals surface area contributed by atoms with E-state index in [4.69, 9.17) is 4.74 Å². The normalized spacial score (nSPS) is 12.8. The van der Waals surface area contributed by atoms with Crippen LogP contribution >= 0.6 is 0 Å². The molecule has 2 N–H and O–H groups in total.